The number of carbonyl (C=O) groups excluding carboxylic acids is 3. The molecule has 0 atom stereocenters. The average molecular weight is 527 g/mol. The first-order valence-electron chi connectivity index (χ1n) is 11.4. The van der Waals surface area contributed by atoms with E-state index in [4.69, 9.17) is 21.7 Å². The normalized spacial score (nSPS) is 17.3. The van der Waals surface area contributed by atoms with Gasteiger partial charge < -0.3 is 14.8 Å². The summed E-state index contributed by atoms with van der Waals surface area (Å²) in [6, 6.07) is 16.2. The number of thioether (sulfide) groups is 1. The Labute approximate surface area is 218 Å². The monoisotopic (exact) mass is 526 g/mol. The second-order valence-corrected chi connectivity index (χ2v) is 9.67. The molecule has 36 heavy (non-hydrogen) atoms. The van der Waals surface area contributed by atoms with E-state index in [1.54, 1.807) is 42.5 Å². The van der Waals surface area contributed by atoms with Crippen LogP contribution in [0.5, 0.6) is 5.75 Å². The van der Waals surface area contributed by atoms with Gasteiger partial charge in [0.1, 0.15) is 5.75 Å². The van der Waals surface area contributed by atoms with Crippen LogP contribution in [0.3, 0.4) is 0 Å². The van der Waals surface area contributed by atoms with Crippen LogP contribution in [0.2, 0.25) is 0 Å². The summed E-state index contributed by atoms with van der Waals surface area (Å²) >= 11 is 6.41. The van der Waals surface area contributed by atoms with Gasteiger partial charge in [0, 0.05) is 37.3 Å². The number of hydrogen-bond donors (Lipinski definition) is 2. The van der Waals surface area contributed by atoms with E-state index in [2.05, 4.69) is 15.6 Å². The Morgan fingerprint density at radius 3 is 2.56 bits per heavy atom. The number of amides is 3. The van der Waals surface area contributed by atoms with Crippen LogP contribution in [-0.2, 0) is 19.1 Å². The van der Waals surface area contributed by atoms with Gasteiger partial charge >= 0.3 is 0 Å². The third kappa shape index (κ3) is 7.14. The highest BCUT2D eigenvalue weighted by Gasteiger charge is 2.33. The van der Waals surface area contributed by atoms with Crippen molar-refractivity contribution in [1.82, 2.24) is 15.3 Å². The molecule has 2 N–H and O–H groups in total. The van der Waals surface area contributed by atoms with Crippen molar-refractivity contribution in [1.29, 1.82) is 0 Å². The molecule has 2 aromatic carbocycles. The van der Waals surface area contributed by atoms with Crippen LogP contribution in [0.4, 0.5) is 5.69 Å². The maximum Gasteiger partial charge on any atom is 0.285 e. The fraction of sp³-hybridized carbons (Fsp3) is 0.280. The summed E-state index contributed by atoms with van der Waals surface area (Å²) < 4.78 is 11.3. The van der Waals surface area contributed by atoms with Gasteiger partial charge in [0.2, 0.25) is 5.91 Å². The second-order valence-electron chi connectivity index (χ2n) is 8.00. The van der Waals surface area contributed by atoms with Crippen LogP contribution in [-0.4, -0.2) is 71.4 Å². The quantitative estimate of drug-likeness (QED) is 0.380. The summed E-state index contributed by atoms with van der Waals surface area (Å²) in [5.41, 5.74) is 3.90. The Bertz CT molecular complexity index is 1150. The third-order valence-corrected chi connectivity index (χ3v) is 6.71. The van der Waals surface area contributed by atoms with Crippen LogP contribution in [0.15, 0.2) is 59.5 Å². The van der Waals surface area contributed by atoms with E-state index in [1.807, 2.05) is 18.2 Å². The lowest BCUT2D eigenvalue weighted by atomic mass is 10.2. The number of hydrogen-bond acceptors (Lipinski definition) is 8. The lowest BCUT2D eigenvalue weighted by Crippen LogP contribution is -2.46. The summed E-state index contributed by atoms with van der Waals surface area (Å²) in [4.78, 5) is 40.1. The van der Waals surface area contributed by atoms with Gasteiger partial charge in [-0.05, 0) is 36.5 Å². The van der Waals surface area contributed by atoms with Gasteiger partial charge in [-0.3, -0.25) is 24.7 Å². The molecule has 0 spiro atoms. The summed E-state index contributed by atoms with van der Waals surface area (Å²) in [5.74, 6) is -0.559. The molecule has 2 heterocycles. The van der Waals surface area contributed by atoms with Gasteiger partial charge in [0.25, 0.3) is 11.8 Å². The number of thiocarbonyl (C=S) groups is 1. The summed E-state index contributed by atoms with van der Waals surface area (Å²) in [6.45, 7) is 3.27. The van der Waals surface area contributed by atoms with Crippen molar-refractivity contribution in [2.75, 3.05) is 44.8 Å². The molecule has 2 fully saturated rings. The van der Waals surface area contributed by atoms with Gasteiger partial charge in [-0.15, -0.1) is 0 Å². The molecule has 0 radical (unpaired) electrons. The van der Waals surface area contributed by atoms with E-state index in [9.17, 15) is 14.4 Å². The summed E-state index contributed by atoms with van der Waals surface area (Å²) in [5, 5.41) is 3.86. The third-order valence-electron chi connectivity index (χ3n) is 5.41. The summed E-state index contributed by atoms with van der Waals surface area (Å²) in [7, 11) is 0. The Balaban J connectivity index is 1.34. The van der Waals surface area contributed by atoms with Crippen LogP contribution < -0.4 is 15.5 Å². The van der Waals surface area contributed by atoms with Crippen molar-refractivity contribution < 1.29 is 23.9 Å². The second kappa shape index (κ2) is 12.6. The first kappa shape index (κ1) is 25.8. The standard InChI is InChI=1S/C25H26N4O5S2/c30-22(10-11-28-12-14-33-15-13-28)27-29-24(32)21(36-25(29)35)16-18-6-4-5-9-20(18)34-17-23(31)26-19-7-2-1-3-8-19/h1-9,16H,10-15,17H2,(H,26,31)(H,27,30). The number of ether oxygens (including phenoxy) is 2. The van der Waals surface area contributed by atoms with Crippen LogP contribution in [0, 0.1) is 0 Å². The van der Waals surface area contributed by atoms with Crippen LogP contribution >= 0.6 is 24.0 Å². The minimum absolute atomic E-state index is 0.195. The molecule has 0 aliphatic carbocycles. The average Bonchev–Trinajstić information content (AvgIpc) is 3.15. The van der Waals surface area contributed by atoms with E-state index in [0.29, 0.717) is 41.7 Å². The Hall–Kier alpha value is -3.25. The van der Waals surface area contributed by atoms with Crippen LogP contribution in [0.25, 0.3) is 6.08 Å². The van der Waals surface area contributed by atoms with Gasteiger partial charge in [-0.1, -0.05) is 48.2 Å². The Morgan fingerprint density at radius 2 is 1.78 bits per heavy atom. The smallest absolute Gasteiger partial charge is 0.285 e. The van der Waals surface area contributed by atoms with Crippen molar-refractivity contribution in [3.63, 3.8) is 0 Å². The molecule has 2 aliphatic rings. The van der Waals surface area contributed by atoms with Gasteiger partial charge in [-0.25, -0.2) is 0 Å². The largest absolute Gasteiger partial charge is 0.483 e. The molecule has 0 bridgehead atoms. The number of hydrazine groups is 1. The summed E-state index contributed by atoms with van der Waals surface area (Å²) in [6.07, 6.45) is 1.89. The lowest BCUT2D eigenvalue weighted by molar-refractivity contribution is -0.133. The lowest BCUT2D eigenvalue weighted by Gasteiger charge is -2.26. The molecular weight excluding hydrogens is 500 g/mol. The zero-order valence-electron chi connectivity index (χ0n) is 19.5. The number of nitrogens with zero attached hydrogens (tertiary/aromatic N) is 2. The molecule has 0 aromatic heterocycles. The first-order chi connectivity index (χ1) is 17.5. The van der Waals surface area contributed by atoms with Crippen molar-refractivity contribution in [3.8, 4) is 5.75 Å². The van der Waals surface area contributed by atoms with Gasteiger partial charge in [-0.2, -0.15) is 5.01 Å². The van der Waals surface area contributed by atoms with Crippen molar-refractivity contribution in [2.45, 2.75) is 6.42 Å². The van der Waals surface area contributed by atoms with Crippen molar-refractivity contribution in [2.24, 2.45) is 0 Å². The predicted octanol–water partition coefficient (Wildman–Crippen LogP) is 2.66. The molecule has 11 heteroatoms. The molecule has 188 valence electrons. The molecule has 2 aliphatic heterocycles. The molecule has 9 nitrogen and oxygen atoms in total. The minimum atomic E-state index is -0.415. The number of carbonyl (C=O) groups is 3. The highest BCUT2D eigenvalue weighted by molar-refractivity contribution is 8.26. The molecule has 2 saturated heterocycles. The number of para-hydroxylation sites is 2. The maximum atomic E-state index is 12.9. The van der Waals surface area contributed by atoms with E-state index >= 15 is 0 Å². The van der Waals surface area contributed by atoms with E-state index < -0.39 is 5.91 Å². The van der Waals surface area contributed by atoms with Crippen molar-refractivity contribution in [3.05, 3.63) is 65.1 Å². The van der Waals surface area contributed by atoms with Crippen molar-refractivity contribution >= 4 is 57.8 Å². The topological polar surface area (TPSA) is 100 Å². The van der Waals surface area contributed by atoms with Crippen LogP contribution in [0.1, 0.15) is 12.0 Å². The molecule has 3 amide bonds. The molecule has 0 unspecified atom stereocenters. The predicted molar refractivity (Wildman–Crippen MR) is 142 cm³/mol. The maximum absolute atomic E-state index is 12.9. The molecule has 2 aromatic rings. The van der Waals surface area contributed by atoms with E-state index in [1.165, 1.54) is 0 Å². The molecule has 4 rings (SSSR count). The van der Waals surface area contributed by atoms with Gasteiger partial charge in [0.05, 0.1) is 18.1 Å². The number of nitrogens with one attached hydrogen (secondary N) is 2. The Kier molecular flexibility index (Phi) is 9.06. The Morgan fingerprint density at radius 1 is 1.06 bits per heavy atom. The molecule has 0 saturated carbocycles. The van der Waals surface area contributed by atoms with E-state index in [-0.39, 0.29) is 29.2 Å². The fourth-order valence-corrected chi connectivity index (χ4v) is 4.73. The number of anilines is 1. The number of benzene rings is 2. The highest BCUT2D eigenvalue weighted by Crippen LogP contribution is 2.33. The fourth-order valence-electron chi connectivity index (χ4n) is 3.56. The number of rotatable bonds is 9. The van der Waals surface area contributed by atoms with Gasteiger partial charge in [0.15, 0.2) is 10.9 Å². The van der Waals surface area contributed by atoms with E-state index in [0.717, 1.165) is 29.9 Å². The molecular formula is C25H26N4O5S2. The zero-order chi connectivity index (χ0) is 25.3. The zero-order valence-corrected chi connectivity index (χ0v) is 21.1. The SMILES string of the molecule is O=C(COc1ccccc1C=C1SC(=S)N(NC(=O)CCN2CCOCC2)C1=O)Nc1ccccc1. The first-order valence-corrected chi connectivity index (χ1v) is 12.7. The minimum Gasteiger partial charge on any atom is -0.483 e. The highest BCUT2D eigenvalue weighted by atomic mass is 32.2. The number of morpholine rings is 1.